The van der Waals surface area contributed by atoms with Gasteiger partial charge < -0.3 is 0 Å². The van der Waals surface area contributed by atoms with Crippen LogP contribution in [-0.4, -0.2) is 12.4 Å². The molecule has 0 bridgehead atoms. The van der Waals surface area contributed by atoms with E-state index in [4.69, 9.17) is 0 Å². The van der Waals surface area contributed by atoms with Gasteiger partial charge in [-0.3, -0.25) is 0 Å². The Labute approximate surface area is 131 Å². The van der Waals surface area contributed by atoms with Crippen molar-refractivity contribution in [3.63, 3.8) is 0 Å². The zero-order chi connectivity index (χ0) is 18.1. The maximum Gasteiger partial charge on any atom is 0.410 e. The first-order valence-corrected chi connectivity index (χ1v) is 6.87. The van der Waals surface area contributed by atoms with E-state index in [1.807, 2.05) is 0 Å². The van der Waals surface area contributed by atoms with E-state index in [1.54, 1.807) is 20.8 Å². The first-order chi connectivity index (χ1) is 10.3. The van der Waals surface area contributed by atoms with Gasteiger partial charge in [-0.05, 0) is 38.8 Å². The lowest BCUT2D eigenvalue weighted by atomic mass is 9.72. The average Bonchev–Trinajstić information content (AvgIpc) is 2.36. The van der Waals surface area contributed by atoms with Gasteiger partial charge in [0.05, 0.1) is 0 Å². The minimum atomic E-state index is -5.52. The molecule has 0 aliphatic rings. The summed E-state index contributed by atoms with van der Waals surface area (Å²) in [6.07, 6.45) is -8.90. The normalized spacial score (nSPS) is 13.9. The lowest BCUT2D eigenvalue weighted by molar-refractivity contribution is -0.289. The van der Waals surface area contributed by atoms with Gasteiger partial charge in [-0.25, -0.2) is 0 Å². The van der Waals surface area contributed by atoms with Crippen molar-refractivity contribution in [3.8, 4) is 0 Å². The maximum absolute atomic E-state index is 13.7. The molecule has 0 spiro atoms. The number of rotatable bonds is 3. The van der Waals surface area contributed by atoms with Crippen molar-refractivity contribution < 1.29 is 26.3 Å². The van der Waals surface area contributed by atoms with Crippen LogP contribution < -0.4 is 0 Å². The van der Waals surface area contributed by atoms with Crippen LogP contribution in [-0.2, 0) is 5.41 Å². The number of halogens is 6. The number of hydrogen-bond donors (Lipinski definition) is 0. The molecule has 0 unspecified atom stereocenters. The molecule has 1 aromatic carbocycles. The molecule has 1 aromatic rings. The second kappa shape index (κ2) is 6.42. The van der Waals surface area contributed by atoms with Gasteiger partial charge in [-0.1, -0.05) is 47.6 Å². The summed E-state index contributed by atoms with van der Waals surface area (Å²) >= 11 is 0. The Morgan fingerprint density at radius 3 is 1.57 bits per heavy atom. The second-order valence-electron chi connectivity index (χ2n) is 5.71. The molecule has 0 nitrogen and oxygen atoms in total. The predicted octanol–water partition coefficient (Wildman–Crippen LogP) is 6.27. The van der Waals surface area contributed by atoms with Crippen molar-refractivity contribution in [2.24, 2.45) is 0 Å². The Morgan fingerprint density at radius 2 is 1.22 bits per heavy atom. The molecule has 0 N–H and O–H groups in total. The predicted molar refractivity (Wildman–Crippen MR) is 78.2 cm³/mol. The Morgan fingerprint density at radius 1 is 0.783 bits per heavy atom. The van der Waals surface area contributed by atoms with Crippen molar-refractivity contribution in [1.82, 2.24) is 0 Å². The largest absolute Gasteiger partial charge is 0.410 e. The van der Waals surface area contributed by atoms with Crippen LogP contribution in [0, 0.1) is 6.92 Å². The summed E-state index contributed by atoms with van der Waals surface area (Å²) in [6.45, 7) is 5.65. The lowest BCUT2D eigenvalue weighted by Crippen LogP contribution is -2.54. The summed E-state index contributed by atoms with van der Waals surface area (Å²) in [5.74, 6) is 0. The molecule has 0 heterocycles. The fourth-order valence-electron chi connectivity index (χ4n) is 2.38. The third-order valence-corrected chi connectivity index (χ3v) is 3.59. The van der Waals surface area contributed by atoms with Gasteiger partial charge in [0.2, 0.25) is 5.41 Å². The minimum absolute atomic E-state index is 0.581. The van der Waals surface area contributed by atoms with Gasteiger partial charge in [0.25, 0.3) is 0 Å². The lowest BCUT2D eigenvalue weighted by Gasteiger charge is -2.38. The van der Waals surface area contributed by atoms with Gasteiger partial charge in [0.1, 0.15) is 0 Å². The molecule has 0 amide bonds. The smallest absolute Gasteiger partial charge is 0.169 e. The van der Waals surface area contributed by atoms with E-state index in [9.17, 15) is 26.3 Å². The minimum Gasteiger partial charge on any atom is -0.169 e. The fourth-order valence-corrected chi connectivity index (χ4v) is 2.38. The van der Waals surface area contributed by atoms with Gasteiger partial charge in [0, 0.05) is 0 Å². The van der Waals surface area contributed by atoms with E-state index in [0.29, 0.717) is 11.1 Å². The summed E-state index contributed by atoms with van der Waals surface area (Å²) in [4.78, 5) is 0. The first kappa shape index (κ1) is 19.3. The molecule has 23 heavy (non-hydrogen) atoms. The van der Waals surface area contributed by atoms with Crippen LogP contribution in [0.4, 0.5) is 26.3 Å². The van der Waals surface area contributed by atoms with Gasteiger partial charge in [0.15, 0.2) is 0 Å². The Bertz CT molecular complexity index is 581. The highest BCUT2D eigenvalue weighted by Crippen LogP contribution is 2.56. The van der Waals surface area contributed by atoms with E-state index >= 15 is 0 Å². The van der Waals surface area contributed by atoms with Gasteiger partial charge in [-0.2, -0.15) is 26.3 Å². The van der Waals surface area contributed by atoms with Crippen molar-refractivity contribution in [3.05, 3.63) is 58.7 Å². The summed E-state index contributed by atoms with van der Waals surface area (Å²) in [5.41, 5.74) is -4.49. The summed E-state index contributed by atoms with van der Waals surface area (Å²) in [5, 5.41) is 0. The fraction of sp³-hybridized carbons (Fsp3) is 0.412. The number of benzene rings is 1. The van der Waals surface area contributed by atoms with Crippen LogP contribution in [0.25, 0.3) is 0 Å². The summed E-state index contributed by atoms with van der Waals surface area (Å²) in [6, 6.07) is 4.26. The second-order valence-corrected chi connectivity index (χ2v) is 5.71. The maximum atomic E-state index is 13.7. The molecule has 6 heteroatoms. The number of hydrogen-bond acceptors (Lipinski definition) is 0. The average molecular weight is 336 g/mol. The van der Waals surface area contributed by atoms with Gasteiger partial charge in [-0.15, -0.1) is 0 Å². The van der Waals surface area contributed by atoms with Crippen LogP contribution in [0.1, 0.15) is 31.9 Å². The van der Waals surface area contributed by atoms with Crippen LogP contribution in [0.5, 0.6) is 0 Å². The molecule has 0 fully saturated rings. The van der Waals surface area contributed by atoms with Crippen LogP contribution >= 0.6 is 0 Å². The zero-order valence-corrected chi connectivity index (χ0v) is 13.2. The Hall–Kier alpha value is -1.72. The molecule has 1 rings (SSSR count). The highest BCUT2D eigenvalue weighted by Gasteiger charge is 2.72. The van der Waals surface area contributed by atoms with Crippen molar-refractivity contribution in [2.75, 3.05) is 0 Å². The third kappa shape index (κ3) is 3.62. The number of allylic oxidation sites excluding steroid dienone is 4. The van der Waals surface area contributed by atoms with Crippen molar-refractivity contribution >= 4 is 0 Å². The molecule has 0 saturated heterocycles. The van der Waals surface area contributed by atoms with E-state index in [1.165, 1.54) is 18.2 Å². The Balaban J connectivity index is 3.80. The van der Waals surface area contributed by atoms with Gasteiger partial charge >= 0.3 is 12.4 Å². The standard InChI is InChI=1S/C17H18F6/c1-11(2)5-8-13(4)15(16(18,19)20,17(21,22)23)14-9-6-12(3)7-10-14/h5-10H,1-4H3/b13-8+. The molecule has 0 aromatic heterocycles. The van der Waals surface area contributed by atoms with E-state index in [2.05, 4.69) is 0 Å². The molecule has 0 atom stereocenters. The molecule has 0 saturated carbocycles. The molecule has 0 aliphatic carbocycles. The highest BCUT2D eigenvalue weighted by atomic mass is 19.4. The van der Waals surface area contributed by atoms with E-state index in [0.717, 1.165) is 25.1 Å². The third-order valence-electron chi connectivity index (χ3n) is 3.59. The molecule has 128 valence electrons. The van der Waals surface area contributed by atoms with Crippen molar-refractivity contribution in [1.29, 1.82) is 0 Å². The van der Waals surface area contributed by atoms with E-state index < -0.39 is 28.9 Å². The SMILES string of the molecule is CC(C)=C/C=C(\C)C(c1ccc(C)cc1)(C(F)(F)F)C(F)(F)F. The first-order valence-electron chi connectivity index (χ1n) is 6.87. The molecule has 0 radical (unpaired) electrons. The molecular weight excluding hydrogens is 318 g/mol. The quantitative estimate of drug-likeness (QED) is 0.451. The number of alkyl halides is 6. The summed E-state index contributed by atoms with van der Waals surface area (Å²) < 4.78 is 81.9. The topological polar surface area (TPSA) is 0 Å². The van der Waals surface area contributed by atoms with Crippen LogP contribution in [0.2, 0.25) is 0 Å². The van der Waals surface area contributed by atoms with E-state index in [-0.39, 0.29) is 0 Å². The highest BCUT2D eigenvalue weighted by molar-refractivity contribution is 5.43. The zero-order valence-electron chi connectivity index (χ0n) is 13.2. The van der Waals surface area contributed by atoms with Crippen LogP contribution in [0.15, 0.2) is 47.6 Å². The monoisotopic (exact) mass is 336 g/mol. The van der Waals surface area contributed by atoms with Crippen molar-refractivity contribution in [2.45, 2.75) is 45.5 Å². The molecule has 0 aliphatic heterocycles. The van der Waals surface area contributed by atoms with Crippen LogP contribution in [0.3, 0.4) is 0 Å². The summed E-state index contributed by atoms with van der Waals surface area (Å²) in [7, 11) is 0. The Kier molecular flexibility index (Phi) is 5.39. The number of aryl methyl sites for hydroxylation is 1. The molecular formula is C17H18F6.